The van der Waals surface area contributed by atoms with Crippen LogP contribution in [0, 0.1) is 5.92 Å². The van der Waals surface area contributed by atoms with Crippen molar-refractivity contribution in [1.82, 2.24) is 15.5 Å². The summed E-state index contributed by atoms with van der Waals surface area (Å²) in [5, 5.41) is 5.75. The monoisotopic (exact) mass is 243 g/mol. The number of hydrogen-bond acceptors (Lipinski definition) is 4. The zero-order valence-corrected chi connectivity index (χ0v) is 10.2. The van der Waals surface area contributed by atoms with Crippen LogP contribution in [-0.2, 0) is 4.79 Å². The van der Waals surface area contributed by atoms with Crippen LogP contribution in [0.3, 0.4) is 0 Å². The van der Waals surface area contributed by atoms with Gasteiger partial charge >= 0.3 is 0 Å². The molecule has 0 bridgehead atoms. The van der Waals surface area contributed by atoms with Crippen molar-refractivity contribution < 1.29 is 9.59 Å². The molecule has 2 N–H and O–H groups in total. The topological polar surface area (TPSA) is 61.4 Å². The summed E-state index contributed by atoms with van der Waals surface area (Å²) in [7, 11) is 1.93. The fraction of sp³-hybridized carbons (Fsp3) is 0.800. The van der Waals surface area contributed by atoms with Crippen LogP contribution in [0.25, 0.3) is 0 Å². The SMILES string of the molecule is CNCC1CCN(C(=O)C2CSC(=O)N2)C1. The van der Waals surface area contributed by atoms with Gasteiger partial charge < -0.3 is 15.5 Å². The van der Waals surface area contributed by atoms with Crippen molar-refractivity contribution in [2.45, 2.75) is 12.5 Å². The standard InChI is InChI=1S/C10H17N3O2S/c1-11-4-7-2-3-13(5-7)9(14)8-6-16-10(15)12-8/h7-8,11H,2-6H2,1H3,(H,12,15). The zero-order chi connectivity index (χ0) is 11.5. The lowest BCUT2D eigenvalue weighted by Gasteiger charge is -2.20. The van der Waals surface area contributed by atoms with Crippen molar-refractivity contribution in [2.24, 2.45) is 5.92 Å². The Kier molecular flexibility index (Phi) is 3.70. The second-order valence-electron chi connectivity index (χ2n) is 4.29. The molecule has 2 atom stereocenters. The highest BCUT2D eigenvalue weighted by atomic mass is 32.2. The first kappa shape index (κ1) is 11.7. The number of rotatable bonds is 3. The smallest absolute Gasteiger partial charge is 0.279 e. The van der Waals surface area contributed by atoms with Crippen LogP contribution in [-0.4, -0.2) is 54.5 Å². The maximum absolute atomic E-state index is 12.0. The van der Waals surface area contributed by atoms with Gasteiger partial charge in [0.25, 0.3) is 5.24 Å². The summed E-state index contributed by atoms with van der Waals surface area (Å²) in [5.74, 6) is 1.21. The Morgan fingerprint density at radius 2 is 2.50 bits per heavy atom. The third-order valence-electron chi connectivity index (χ3n) is 3.06. The summed E-state index contributed by atoms with van der Waals surface area (Å²) in [5.41, 5.74) is 0. The molecule has 0 aromatic rings. The molecule has 0 saturated carbocycles. The molecule has 2 fully saturated rings. The molecule has 2 amide bonds. The number of carbonyl (C=O) groups excluding carboxylic acids is 2. The third-order valence-corrected chi connectivity index (χ3v) is 3.94. The van der Waals surface area contributed by atoms with Gasteiger partial charge in [-0.05, 0) is 25.9 Å². The van der Waals surface area contributed by atoms with Crippen LogP contribution >= 0.6 is 11.8 Å². The summed E-state index contributed by atoms with van der Waals surface area (Å²) in [6.07, 6.45) is 1.06. The van der Waals surface area contributed by atoms with Crippen LogP contribution in [0.5, 0.6) is 0 Å². The Bertz CT molecular complexity index is 298. The fourth-order valence-electron chi connectivity index (χ4n) is 2.23. The van der Waals surface area contributed by atoms with E-state index in [1.54, 1.807) is 0 Å². The number of nitrogens with one attached hydrogen (secondary N) is 2. The second kappa shape index (κ2) is 5.05. The number of hydrogen-bond donors (Lipinski definition) is 2. The molecule has 16 heavy (non-hydrogen) atoms. The van der Waals surface area contributed by atoms with Gasteiger partial charge in [0.15, 0.2) is 0 Å². The Morgan fingerprint density at radius 3 is 3.12 bits per heavy atom. The van der Waals surface area contributed by atoms with Gasteiger partial charge in [0.1, 0.15) is 6.04 Å². The number of amides is 2. The minimum absolute atomic E-state index is 0.0793. The Balaban J connectivity index is 1.84. The van der Waals surface area contributed by atoms with E-state index >= 15 is 0 Å². The molecule has 2 aliphatic rings. The maximum atomic E-state index is 12.0. The van der Waals surface area contributed by atoms with Crippen LogP contribution in [0.2, 0.25) is 0 Å². The molecule has 0 radical (unpaired) electrons. The molecule has 0 aliphatic carbocycles. The van der Waals surface area contributed by atoms with Crippen LogP contribution in [0.15, 0.2) is 0 Å². The first-order valence-electron chi connectivity index (χ1n) is 5.57. The average Bonchev–Trinajstić information content (AvgIpc) is 2.87. The molecule has 2 aliphatic heterocycles. The van der Waals surface area contributed by atoms with E-state index in [2.05, 4.69) is 10.6 Å². The zero-order valence-electron chi connectivity index (χ0n) is 9.36. The van der Waals surface area contributed by atoms with Crippen LogP contribution in [0.1, 0.15) is 6.42 Å². The Hall–Kier alpha value is -0.750. The minimum atomic E-state index is -0.300. The predicted molar refractivity (Wildman–Crippen MR) is 63.4 cm³/mol. The lowest BCUT2D eigenvalue weighted by atomic mass is 10.1. The van der Waals surface area contributed by atoms with Gasteiger partial charge in [-0.1, -0.05) is 11.8 Å². The van der Waals surface area contributed by atoms with Gasteiger partial charge in [0.2, 0.25) is 5.91 Å². The van der Waals surface area contributed by atoms with Crippen molar-refractivity contribution in [3.05, 3.63) is 0 Å². The number of carbonyl (C=O) groups is 2. The van der Waals surface area contributed by atoms with E-state index in [4.69, 9.17) is 0 Å². The van der Waals surface area contributed by atoms with E-state index in [0.717, 1.165) is 26.1 Å². The molecule has 6 heteroatoms. The van der Waals surface area contributed by atoms with Gasteiger partial charge in [-0.3, -0.25) is 9.59 Å². The van der Waals surface area contributed by atoms with Crippen molar-refractivity contribution >= 4 is 22.9 Å². The minimum Gasteiger partial charge on any atom is -0.341 e. The molecule has 2 rings (SSSR count). The van der Waals surface area contributed by atoms with Gasteiger partial charge in [-0.2, -0.15) is 0 Å². The molecular formula is C10H17N3O2S. The highest BCUT2D eigenvalue weighted by Gasteiger charge is 2.34. The van der Waals surface area contributed by atoms with E-state index < -0.39 is 0 Å². The average molecular weight is 243 g/mol. The highest BCUT2D eigenvalue weighted by molar-refractivity contribution is 8.14. The first-order chi connectivity index (χ1) is 7.70. The molecule has 2 saturated heterocycles. The summed E-state index contributed by atoms with van der Waals surface area (Å²) in [6.45, 7) is 2.59. The van der Waals surface area contributed by atoms with Crippen molar-refractivity contribution in [3.63, 3.8) is 0 Å². The Morgan fingerprint density at radius 1 is 1.69 bits per heavy atom. The molecule has 0 aromatic carbocycles. The fourth-order valence-corrected chi connectivity index (χ4v) is 3.00. The van der Waals surface area contributed by atoms with Crippen molar-refractivity contribution in [1.29, 1.82) is 0 Å². The quantitative estimate of drug-likeness (QED) is 0.725. The molecular weight excluding hydrogens is 226 g/mol. The molecule has 2 unspecified atom stereocenters. The van der Waals surface area contributed by atoms with E-state index in [1.165, 1.54) is 11.8 Å². The second-order valence-corrected chi connectivity index (χ2v) is 5.28. The Labute approximate surface area is 99.3 Å². The molecule has 0 aromatic heterocycles. The van der Waals surface area contributed by atoms with Crippen LogP contribution < -0.4 is 10.6 Å². The van der Waals surface area contributed by atoms with Gasteiger partial charge in [0.05, 0.1) is 0 Å². The number of nitrogens with zero attached hydrogens (tertiary/aromatic N) is 1. The van der Waals surface area contributed by atoms with E-state index in [1.807, 2.05) is 11.9 Å². The number of likely N-dealkylation sites (tertiary alicyclic amines) is 1. The van der Waals surface area contributed by atoms with Gasteiger partial charge in [0, 0.05) is 18.8 Å². The maximum Gasteiger partial charge on any atom is 0.279 e. The van der Waals surface area contributed by atoms with E-state index in [0.29, 0.717) is 11.7 Å². The number of thioether (sulfide) groups is 1. The predicted octanol–water partition coefficient (Wildman–Crippen LogP) is -0.121. The normalized spacial score (nSPS) is 29.6. The largest absolute Gasteiger partial charge is 0.341 e. The lowest BCUT2D eigenvalue weighted by Crippen LogP contribution is -2.44. The van der Waals surface area contributed by atoms with Gasteiger partial charge in [-0.15, -0.1) is 0 Å². The molecule has 2 heterocycles. The summed E-state index contributed by atoms with van der Waals surface area (Å²) in [6, 6.07) is -0.300. The van der Waals surface area contributed by atoms with Crippen molar-refractivity contribution in [3.8, 4) is 0 Å². The van der Waals surface area contributed by atoms with Crippen molar-refractivity contribution in [2.75, 3.05) is 32.4 Å². The third kappa shape index (κ3) is 2.49. The van der Waals surface area contributed by atoms with Crippen LogP contribution in [0.4, 0.5) is 4.79 Å². The molecule has 0 spiro atoms. The summed E-state index contributed by atoms with van der Waals surface area (Å²) in [4.78, 5) is 24.9. The van der Waals surface area contributed by atoms with E-state index in [9.17, 15) is 9.59 Å². The molecule has 90 valence electrons. The van der Waals surface area contributed by atoms with E-state index in [-0.39, 0.29) is 17.2 Å². The van der Waals surface area contributed by atoms with Gasteiger partial charge in [-0.25, -0.2) is 0 Å². The lowest BCUT2D eigenvalue weighted by molar-refractivity contribution is -0.131. The highest BCUT2D eigenvalue weighted by Crippen LogP contribution is 2.20. The molecule has 5 nitrogen and oxygen atoms in total. The first-order valence-corrected chi connectivity index (χ1v) is 6.56. The summed E-state index contributed by atoms with van der Waals surface area (Å²) < 4.78 is 0. The summed E-state index contributed by atoms with van der Waals surface area (Å²) >= 11 is 1.19.